The molecule has 2 unspecified atom stereocenters. The van der Waals surface area contributed by atoms with Crippen molar-refractivity contribution in [3.05, 3.63) is 0 Å². The Bertz CT molecular complexity index is 333. The van der Waals surface area contributed by atoms with Crippen LogP contribution in [0.3, 0.4) is 0 Å². The van der Waals surface area contributed by atoms with E-state index in [1.54, 1.807) is 0 Å². The van der Waals surface area contributed by atoms with E-state index < -0.39 is 61.6 Å². The summed E-state index contributed by atoms with van der Waals surface area (Å²) in [5.41, 5.74) is -5.68. The molecular formula is C12H17F9O. The van der Waals surface area contributed by atoms with Crippen LogP contribution in [0.15, 0.2) is 0 Å². The first-order valence-corrected chi connectivity index (χ1v) is 6.52. The first kappa shape index (κ1) is 21.3. The van der Waals surface area contributed by atoms with Gasteiger partial charge in [0.1, 0.15) is 6.17 Å². The van der Waals surface area contributed by atoms with Crippen molar-refractivity contribution in [1.29, 1.82) is 0 Å². The molecule has 1 nitrogen and oxygen atoms in total. The van der Waals surface area contributed by atoms with Gasteiger partial charge in [-0.2, -0.15) is 26.3 Å². The predicted molar refractivity (Wildman–Crippen MR) is 60.2 cm³/mol. The molecule has 0 aromatic rings. The Morgan fingerprint density at radius 2 is 1.27 bits per heavy atom. The summed E-state index contributed by atoms with van der Waals surface area (Å²) in [5.74, 6) is -8.19. The molecule has 22 heavy (non-hydrogen) atoms. The zero-order valence-corrected chi connectivity index (χ0v) is 11.8. The van der Waals surface area contributed by atoms with E-state index in [2.05, 4.69) is 0 Å². The minimum absolute atomic E-state index is 0.432. The Morgan fingerprint density at radius 1 is 0.864 bits per heavy atom. The predicted octanol–water partition coefficient (Wildman–Crippen LogP) is 5.03. The molecular weight excluding hydrogens is 331 g/mol. The summed E-state index contributed by atoms with van der Waals surface area (Å²) in [6.45, 7) is 2.21. The summed E-state index contributed by atoms with van der Waals surface area (Å²) in [6.07, 6.45) is -19.2. The van der Waals surface area contributed by atoms with Gasteiger partial charge in [-0.15, -0.1) is 0 Å². The fraction of sp³-hybridized carbons (Fsp3) is 1.00. The Kier molecular flexibility index (Phi) is 6.63. The third-order valence-corrected chi connectivity index (χ3v) is 3.40. The minimum atomic E-state index is -6.42. The third-order valence-electron chi connectivity index (χ3n) is 3.40. The van der Waals surface area contributed by atoms with Gasteiger partial charge < -0.3 is 5.11 Å². The van der Waals surface area contributed by atoms with Crippen molar-refractivity contribution in [3.63, 3.8) is 0 Å². The molecule has 0 saturated heterocycles. The molecule has 0 heterocycles. The van der Waals surface area contributed by atoms with Crippen LogP contribution in [-0.4, -0.2) is 35.2 Å². The van der Waals surface area contributed by atoms with Crippen LogP contribution in [0.25, 0.3) is 0 Å². The molecule has 0 aromatic carbocycles. The van der Waals surface area contributed by atoms with Gasteiger partial charge in [0.05, 0.1) is 5.92 Å². The lowest BCUT2D eigenvalue weighted by Crippen LogP contribution is -2.65. The summed E-state index contributed by atoms with van der Waals surface area (Å²) in [4.78, 5) is 0. The first-order valence-electron chi connectivity index (χ1n) is 6.52. The molecule has 0 aliphatic heterocycles. The van der Waals surface area contributed by atoms with Crippen LogP contribution in [0.1, 0.15) is 39.5 Å². The zero-order chi connectivity index (χ0) is 18.0. The van der Waals surface area contributed by atoms with Crippen LogP contribution in [-0.2, 0) is 0 Å². The van der Waals surface area contributed by atoms with Crippen molar-refractivity contribution < 1.29 is 44.6 Å². The average Bonchev–Trinajstić information content (AvgIpc) is 2.31. The SMILES string of the molecule is CCCC(F)(F)C(CC(F)CC)C(O)(C(F)(F)F)C(F)(F)F. The number of aliphatic hydroxyl groups is 1. The molecule has 0 fully saturated rings. The van der Waals surface area contributed by atoms with Crippen LogP contribution in [0.5, 0.6) is 0 Å². The lowest BCUT2D eigenvalue weighted by Gasteiger charge is -2.42. The molecule has 0 amide bonds. The van der Waals surface area contributed by atoms with Crippen molar-refractivity contribution >= 4 is 0 Å². The lowest BCUT2D eigenvalue weighted by atomic mass is 9.76. The van der Waals surface area contributed by atoms with E-state index >= 15 is 0 Å². The molecule has 1 N–H and O–H groups in total. The summed E-state index contributed by atoms with van der Waals surface area (Å²) >= 11 is 0. The molecule has 0 spiro atoms. The van der Waals surface area contributed by atoms with Crippen molar-refractivity contribution in [2.24, 2.45) is 5.92 Å². The number of alkyl halides is 9. The van der Waals surface area contributed by atoms with Gasteiger partial charge in [0.15, 0.2) is 0 Å². The molecule has 0 aliphatic rings. The fourth-order valence-corrected chi connectivity index (χ4v) is 2.13. The maximum atomic E-state index is 13.8. The first-order chi connectivity index (χ1) is 9.65. The topological polar surface area (TPSA) is 20.2 Å². The highest BCUT2D eigenvalue weighted by Gasteiger charge is 2.77. The van der Waals surface area contributed by atoms with Crippen molar-refractivity contribution in [1.82, 2.24) is 0 Å². The molecule has 10 heteroatoms. The van der Waals surface area contributed by atoms with Gasteiger partial charge in [-0.25, -0.2) is 13.2 Å². The van der Waals surface area contributed by atoms with Gasteiger partial charge in [0.25, 0.3) is 11.5 Å². The summed E-state index contributed by atoms with van der Waals surface area (Å²) in [5, 5.41) is 9.15. The van der Waals surface area contributed by atoms with E-state index in [0.29, 0.717) is 0 Å². The van der Waals surface area contributed by atoms with E-state index in [-0.39, 0.29) is 0 Å². The van der Waals surface area contributed by atoms with E-state index in [9.17, 15) is 39.5 Å². The van der Waals surface area contributed by atoms with Gasteiger partial charge in [-0.1, -0.05) is 20.3 Å². The quantitative estimate of drug-likeness (QED) is 0.640. The summed E-state index contributed by atoms with van der Waals surface area (Å²) < 4.78 is 117. The van der Waals surface area contributed by atoms with Crippen LogP contribution in [0.2, 0.25) is 0 Å². The Morgan fingerprint density at radius 3 is 1.55 bits per heavy atom. The number of hydrogen-bond acceptors (Lipinski definition) is 1. The Labute approximate surface area is 121 Å². The summed E-state index contributed by atoms with van der Waals surface area (Å²) in [6, 6.07) is 0. The van der Waals surface area contributed by atoms with Gasteiger partial charge in [0.2, 0.25) is 0 Å². The summed E-state index contributed by atoms with van der Waals surface area (Å²) in [7, 11) is 0. The van der Waals surface area contributed by atoms with Crippen molar-refractivity contribution in [3.8, 4) is 0 Å². The van der Waals surface area contributed by atoms with Crippen LogP contribution < -0.4 is 0 Å². The highest BCUT2D eigenvalue weighted by atomic mass is 19.4. The van der Waals surface area contributed by atoms with E-state index in [4.69, 9.17) is 5.11 Å². The molecule has 134 valence electrons. The van der Waals surface area contributed by atoms with E-state index in [1.165, 1.54) is 0 Å². The van der Waals surface area contributed by atoms with Gasteiger partial charge in [0, 0.05) is 6.42 Å². The molecule has 0 aromatic heterocycles. The Hall–Kier alpha value is -0.670. The number of hydrogen-bond donors (Lipinski definition) is 1. The molecule has 0 radical (unpaired) electrons. The fourth-order valence-electron chi connectivity index (χ4n) is 2.13. The van der Waals surface area contributed by atoms with Crippen LogP contribution in [0, 0.1) is 5.92 Å². The normalized spacial score (nSPS) is 17.5. The largest absolute Gasteiger partial charge is 0.426 e. The van der Waals surface area contributed by atoms with Crippen LogP contribution in [0.4, 0.5) is 39.5 Å². The van der Waals surface area contributed by atoms with Gasteiger partial charge in [-0.05, 0) is 12.8 Å². The standard InChI is InChI=1S/C12H17F9O/c1-3-5-9(14,15)8(6-7(13)4-2)10(22,11(16,17)18)12(19,20)21/h7-8,22H,3-6H2,1-2H3. The zero-order valence-electron chi connectivity index (χ0n) is 11.8. The second-order valence-electron chi connectivity index (χ2n) is 5.07. The average molecular weight is 348 g/mol. The Balaban J connectivity index is 6.10. The van der Waals surface area contributed by atoms with E-state index in [1.807, 2.05) is 0 Å². The maximum Gasteiger partial charge on any atom is 0.426 e. The second-order valence-corrected chi connectivity index (χ2v) is 5.07. The molecule has 0 bridgehead atoms. The van der Waals surface area contributed by atoms with Crippen molar-refractivity contribution in [2.45, 2.75) is 69.6 Å². The number of rotatable bonds is 7. The van der Waals surface area contributed by atoms with Gasteiger partial charge in [-0.3, -0.25) is 0 Å². The molecule has 0 aliphatic carbocycles. The number of halogens is 9. The smallest absolute Gasteiger partial charge is 0.373 e. The molecule has 0 saturated carbocycles. The highest BCUT2D eigenvalue weighted by Crippen LogP contribution is 2.54. The van der Waals surface area contributed by atoms with Crippen molar-refractivity contribution in [2.75, 3.05) is 0 Å². The maximum absolute atomic E-state index is 13.8. The minimum Gasteiger partial charge on any atom is -0.373 e. The lowest BCUT2D eigenvalue weighted by molar-refractivity contribution is -0.402. The van der Waals surface area contributed by atoms with Crippen LogP contribution >= 0.6 is 0 Å². The highest BCUT2D eigenvalue weighted by molar-refractivity contribution is 5.04. The molecule has 0 rings (SSSR count). The second kappa shape index (κ2) is 6.84. The van der Waals surface area contributed by atoms with E-state index in [0.717, 1.165) is 13.8 Å². The van der Waals surface area contributed by atoms with Gasteiger partial charge >= 0.3 is 12.4 Å². The molecule has 2 atom stereocenters. The monoisotopic (exact) mass is 348 g/mol. The third kappa shape index (κ3) is 4.20.